The molecule has 0 aromatic heterocycles. The summed E-state index contributed by atoms with van der Waals surface area (Å²) in [5, 5.41) is 11.3. The van der Waals surface area contributed by atoms with Crippen molar-refractivity contribution in [2.24, 2.45) is 0 Å². The van der Waals surface area contributed by atoms with Gasteiger partial charge >= 0.3 is 0 Å². The molecule has 0 saturated carbocycles. The molecule has 2 atom stereocenters. The Labute approximate surface area is 47.8 Å². The van der Waals surface area contributed by atoms with E-state index < -0.39 is 19.1 Å². The average Bonchev–Trinajstić information content (AvgIpc) is 1.79. The molecular weight excluding hydrogens is 90.1 g/mol. The van der Waals surface area contributed by atoms with Crippen molar-refractivity contribution in [3.8, 4) is 0 Å². The zero-order valence-corrected chi connectivity index (χ0v) is 4.02. The molecule has 7 heavy (non-hydrogen) atoms. The summed E-state index contributed by atoms with van der Waals surface area (Å²) in [6.07, 6.45) is -0.0682. The lowest BCUT2D eigenvalue weighted by atomic mass is 10.1. The zero-order chi connectivity index (χ0) is 7.78. The molecule has 1 fully saturated rings. The Morgan fingerprint density at radius 1 is 1.86 bits per heavy atom. The SMILES string of the molecule is [2H]C1NC([2H])([2H])CCC1O. The van der Waals surface area contributed by atoms with Crippen molar-refractivity contribution in [2.75, 3.05) is 13.0 Å². The standard InChI is InChI=1S/C5H11NO/c7-5-2-1-3-6-4-5/h5-7H,1-4H2/i3D2,4D. The monoisotopic (exact) mass is 104 g/mol. The molecule has 0 spiro atoms. The van der Waals surface area contributed by atoms with Crippen LogP contribution in [-0.4, -0.2) is 24.2 Å². The van der Waals surface area contributed by atoms with Gasteiger partial charge in [-0.25, -0.2) is 0 Å². The van der Waals surface area contributed by atoms with Gasteiger partial charge in [0.2, 0.25) is 0 Å². The first-order valence-corrected chi connectivity index (χ1v) is 2.39. The Morgan fingerprint density at radius 2 is 2.71 bits per heavy atom. The van der Waals surface area contributed by atoms with Crippen LogP contribution in [0, 0.1) is 0 Å². The number of nitrogens with one attached hydrogen (secondary N) is 1. The van der Waals surface area contributed by atoms with Gasteiger partial charge in [0.1, 0.15) is 0 Å². The highest BCUT2D eigenvalue weighted by atomic mass is 16.3. The molecule has 0 amide bonds. The molecule has 2 unspecified atom stereocenters. The first-order valence-electron chi connectivity index (χ1n) is 3.97. The lowest BCUT2D eigenvalue weighted by molar-refractivity contribution is 0.142. The van der Waals surface area contributed by atoms with E-state index in [9.17, 15) is 0 Å². The highest BCUT2D eigenvalue weighted by Gasteiger charge is 2.06. The highest BCUT2D eigenvalue weighted by molar-refractivity contribution is 4.65. The van der Waals surface area contributed by atoms with Gasteiger partial charge in [-0.05, 0) is 19.3 Å². The predicted octanol–water partition coefficient (Wildman–Crippen LogP) is -0.269. The quantitative estimate of drug-likeness (QED) is 0.443. The summed E-state index contributed by atoms with van der Waals surface area (Å²) in [5.74, 6) is 0. The zero-order valence-electron chi connectivity index (χ0n) is 7.02. The molecule has 0 aromatic carbocycles. The van der Waals surface area contributed by atoms with Crippen molar-refractivity contribution in [3.63, 3.8) is 0 Å². The second kappa shape index (κ2) is 2.28. The second-order valence-electron chi connectivity index (χ2n) is 1.59. The van der Waals surface area contributed by atoms with Crippen molar-refractivity contribution in [1.29, 1.82) is 0 Å². The number of rotatable bonds is 0. The number of hydrogen-bond acceptors (Lipinski definition) is 2. The highest BCUT2D eigenvalue weighted by Crippen LogP contribution is 1.98. The molecule has 1 rings (SSSR count). The minimum Gasteiger partial charge on any atom is -0.392 e. The van der Waals surface area contributed by atoms with Crippen LogP contribution in [0.25, 0.3) is 0 Å². The smallest absolute Gasteiger partial charge is 0.0665 e. The van der Waals surface area contributed by atoms with E-state index in [4.69, 9.17) is 9.22 Å². The van der Waals surface area contributed by atoms with E-state index in [0.717, 1.165) is 0 Å². The van der Waals surface area contributed by atoms with Crippen LogP contribution in [-0.2, 0) is 0 Å². The number of β-amino-alcohol motifs (C(OH)–C–C–N with tert-alkyl or cyclic N) is 1. The van der Waals surface area contributed by atoms with E-state index in [1.54, 1.807) is 0 Å². The van der Waals surface area contributed by atoms with Crippen molar-refractivity contribution in [2.45, 2.75) is 18.9 Å². The minimum atomic E-state index is -1.47. The van der Waals surface area contributed by atoms with Crippen LogP contribution < -0.4 is 5.32 Å². The average molecular weight is 104 g/mol. The van der Waals surface area contributed by atoms with Gasteiger partial charge in [-0.15, -0.1) is 0 Å². The van der Waals surface area contributed by atoms with E-state index in [-0.39, 0.29) is 6.42 Å². The molecule has 2 heteroatoms. The third-order valence-electron chi connectivity index (χ3n) is 0.943. The van der Waals surface area contributed by atoms with Gasteiger partial charge in [-0.1, -0.05) is 0 Å². The second-order valence-corrected chi connectivity index (χ2v) is 1.59. The molecule has 2 N–H and O–H groups in total. The molecule has 0 aromatic rings. The molecule has 0 radical (unpaired) electrons. The van der Waals surface area contributed by atoms with Gasteiger partial charge in [-0.3, -0.25) is 0 Å². The van der Waals surface area contributed by atoms with Gasteiger partial charge in [-0.2, -0.15) is 0 Å². The molecular formula is C5H11NO. The Balaban J connectivity index is 2.49. The van der Waals surface area contributed by atoms with Gasteiger partial charge in [0.15, 0.2) is 0 Å². The van der Waals surface area contributed by atoms with E-state index in [2.05, 4.69) is 5.32 Å². The fourth-order valence-electron chi connectivity index (χ4n) is 0.531. The van der Waals surface area contributed by atoms with Crippen molar-refractivity contribution in [1.82, 2.24) is 5.32 Å². The van der Waals surface area contributed by atoms with Gasteiger partial charge in [0.25, 0.3) is 0 Å². The fraction of sp³-hybridized carbons (Fsp3) is 1.00. The van der Waals surface area contributed by atoms with Crippen LogP contribution in [0.3, 0.4) is 0 Å². The number of aliphatic hydroxyl groups is 1. The maximum atomic E-state index is 8.99. The largest absolute Gasteiger partial charge is 0.392 e. The third-order valence-corrected chi connectivity index (χ3v) is 0.943. The lowest BCUT2D eigenvalue weighted by Crippen LogP contribution is -2.33. The van der Waals surface area contributed by atoms with Crippen LogP contribution in [0.2, 0.25) is 0 Å². The fourth-order valence-corrected chi connectivity index (χ4v) is 0.531. The Bertz CT molecular complexity index is 130. The van der Waals surface area contributed by atoms with Crippen molar-refractivity contribution in [3.05, 3.63) is 0 Å². The Morgan fingerprint density at radius 3 is 3.29 bits per heavy atom. The van der Waals surface area contributed by atoms with Gasteiger partial charge in [0, 0.05) is 10.6 Å². The predicted molar refractivity (Wildman–Crippen MR) is 28.1 cm³/mol. The van der Waals surface area contributed by atoms with Crippen molar-refractivity contribution < 1.29 is 9.22 Å². The molecule has 1 heterocycles. The van der Waals surface area contributed by atoms with Crippen LogP contribution in [0.5, 0.6) is 0 Å². The van der Waals surface area contributed by atoms with Gasteiger partial charge in [0.05, 0.1) is 6.10 Å². The Hall–Kier alpha value is -0.0800. The topological polar surface area (TPSA) is 32.3 Å². The van der Waals surface area contributed by atoms with Crippen LogP contribution in [0.4, 0.5) is 0 Å². The van der Waals surface area contributed by atoms with E-state index >= 15 is 0 Å². The first-order chi connectivity index (χ1) is 4.51. The lowest BCUT2D eigenvalue weighted by Gasteiger charge is -2.16. The van der Waals surface area contributed by atoms with E-state index in [0.29, 0.717) is 6.42 Å². The van der Waals surface area contributed by atoms with Crippen molar-refractivity contribution >= 4 is 0 Å². The summed E-state index contributed by atoms with van der Waals surface area (Å²) in [7, 11) is 0. The van der Waals surface area contributed by atoms with Crippen LogP contribution in [0.1, 0.15) is 17.0 Å². The molecule has 42 valence electrons. The Kier molecular flexibility index (Phi) is 0.804. The normalized spacial score (nSPS) is 57.0. The molecule has 1 aliphatic heterocycles. The molecule has 1 saturated heterocycles. The number of hydrogen-bond donors (Lipinski definition) is 2. The molecule has 2 nitrogen and oxygen atoms in total. The molecule has 0 bridgehead atoms. The van der Waals surface area contributed by atoms with E-state index in [1.807, 2.05) is 0 Å². The minimum absolute atomic E-state index is 0.281. The summed E-state index contributed by atoms with van der Waals surface area (Å²) >= 11 is 0. The number of aliphatic hydroxyl groups excluding tert-OH is 1. The molecule has 0 aliphatic carbocycles. The van der Waals surface area contributed by atoms with Crippen LogP contribution in [0.15, 0.2) is 0 Å². The maximum absolute atomic E-state index is 8.99. The summed E-state index contributed by atoms with van der Waals surface area (Å²) < 4.78 is 21.5. The third kappa shape index (κ3) is 1.45. The first kappa shape index (κ1) is 2.46. The van der Waals surface area contributed by atoms with E-state index in [1.165, 1.54) is 0 Å². The summed E-state index contributed by atoms with van der Waals surface area (Å²) in [5.41, 5.74) is 0. The van der Waals surface area contributed by atoms with Crippen LogP contribution >= 0.6 is 0 Å². The van der Waals surface area contributed by atoms with Gasteiger partial charge < -0.3 is 10.4 Å². The summed E-state index contributed by atoms with van der Waals surface area (Å²) in [6, 6.07) is 0. The summed E-state index contributed by atoms with van der Waals surface area (Å²) in [6.45, 7) is -2.34. The molecule has 1 aliphatic rings. The maximum Gasteiger partial charge on any atom is 0.0665 e. The summed E-state index contributed by atoms with van der Waals surface area (Å²) in [4.78, 5) is 0. The number of piperidine rings is 1.